The topological polar surface area (TPSA) is 49.9 Å². The monoisotopic (exact) mass is 356 g/mol. The maximum Gasteiger partial charge on any atom is 0.122 e. The summed E-state index contributed by atoms with van der Waals surface area (Å²) in [5, 5.41) is 9.94. The van der Waals surface area contributed by atoms with Crippen molar-refractivity contribution in [2.75, 3.05) is 0 Å². The molecule has 0 fully saturated rings. The van der Waals surface area contributed by atoms with Crippen LogP contribution in [-0.4, -0.2) is 5.84 Å². The van der Waals surface area contributed by atoms with E-state index in [4.69, 9.17) is 11.1 Å². The molecular weight excluding hydrogens is 344 g/mol. The number of amidine groups is 1. The van der Waals surface area contributed by atoms with Crippen molar-refractivity contribution in [3.05, 3.63) is 70.7 Å². The van der Waals surface area contributed by atoms with Crippen molar-refractivity contribution >= 4 is 44.3 Å². The molecule has 21 heavy (non-hydrogen) atoms. The Morgan fingerprint density at radius 3 is 2.43 bits per heavy atom. The van der Waals surface area contributed by atoms with Gasteiger partial charge in [-0.15, -0.1) is 0 Å². The Labute approximate surface area is 136 Å². The van der Waals surface area contributed by atoms with E-state index in [2.05, 4.69) is 46.3 Å². The summed E-state index contributed by atoms with van der Waals surface area (Å²) in [7, 11) is 0. The molecule has 3 aromatic rings. The molecule has 4 heteroatoms. The Balaban J connectivity index is 1.93. The van der Waals surface area contributed by atoms with Crippen molar-refractivity contribution in [3.8, 4) is 0 Å². The maximum absolute atomic E-state index is 7.46. The van der Waals surface area contributed by atoms with Gasteiger partial charge in [0.25, 0.3) is 0 Å². The van der Waals surface area contributed by atoms with E-state index in [0.717, 1.165) is 14.9 Å². The Morgan fingerprint density at radius 1 is 0.952 bits per heavy atom. The molecule has 0 aliphatic heterocycles. The third kappa shape index (κ3) is 3.12. The standard InChI is InChI=1S/C17H13BrN2S/c18-15-10-13(17(19)20)6-8-16(15)21-14-7-5-11-3-1-2-4-12(11)9-14/h1-10H,(H3,19,20). The molecule has 3 aromatic carbocycles. The first kappa shape index (κ1) is 14.2. The van der Waals surface area contributed by atoms with Gasteiger partial charge < -0.3 is 5.73 Å². The molecule has 0 heterocycles. The smallest absolute Gasteiger partial charge is 0.122 e. The second-order valence-electron chi connectivity index (χ2n) is 4.67. The van der Waals surface area contributed by atoms with E-state index in [0.29, 0.717) is 0 Å². The molecule has 0 saturated carbocycles. The van der Waals surface area contributed by atoms with Crippen molar-refractivity contribution in [1.82, 2.24) is 0 Å². The van der Waals surface area contributed by atoms with Gasteiger partial charge in [-0.1, -0.05) is 48.2 Å². The lowest BCUT2D eigenvalue weighted by Gasteiger charge is -2.07. The zero-order valence-electron chi connectivity index (χ0n) is 11.1. The van der Waals surface area contributed by atoms with Crippen molar-refractivity contribution in [3.63, 3.8) is 0 Å². The number of hydrogen-bond acceptors (Lipinski definition) is 2. The van der Waals surface area contributed by atoms with Crippen LogP contribution in [0.3, 0.4) is 0 Å². The van der Waals surface area contributed by atoms with Crippen LogP contribution in [0.4, 0.5) is 0 Å². The molecule has 3 rings (SSSR count). The largest absolute Gasteiger partial charge is 0.384 e. The highest BCUT2D eigenvalue weighted by Gasteiger charge is 2.06. The van der Waals surface area contributed by atoms with Gasteiger partial charge in [0.2, 0.25) is 0 Å². The summed E-state index contributed by atoms with van der Waals surface area (Å²) in [6, 6.07) is 20.5. The van der Waals surface area contributed by atoms with Gasteiger partial charge in [-0.05, 0) is 51.0 Å². The van der Waals surface area contributed by atoms with Crippen LogP contribution in [0.15, 0.2) is 74.9 Å². The van der Waals surface area contributed by atoms with Crippen LogP contribution < -0.4 is 5.73 Å². The molecule has 0 aliphatic rings. The number of nitrogens with one attached hydrogen (secondary N) is 1. The van der Waals surface area contributed by atoms with Crippen molar-refractivity contribution in [2.24, 2.45) is 5.73 Å². The lowest BCUT2D eigenvalue weighted by molar-refractivity contribution is 1.35. The molecule has 0 spiro atoms. The van der Waals surface area contributed by atoms with Crippen LogP contribution >= 0.6 is 27.7 Å². The van der Waals surface area contributed by atoms with E-state index in [1.807, 2.05) is 30.3 Å². The molecule has 0 atom stereocenters. The highest BCUT2D eigenvalue weighted by Crippen LogP contribution is 2.35. The van der Waals surface area contributed by atoms with Gasteiger partial charge in [0, 0.05) is 19.8 Å². The molecule has 0 aromatic heterocycles. The Hall–Kier alpha value is -1.78. The number of hydrogen-bond donors (Lipinski definition) is 2. The van der Waals surface area contributed by atoms with E-state index >= 15 is 0 Å². The van der Waals surface area contributed by atoms with Crippen LogP contribution in [0.2, 0.25) is 0 Å². The van der Waals surface area contributed by atoms with Gasteiger partial charge in [0.05, 0.1) is 0 Å². The zero-order valence-corrected chi connectivity index (χ0v) is 13.5. The first-order valence-electron chi connectivity index (χ1n) is 6.44. The summed E-state index contributed by atoms with van der Waals surface area (Å²) in [5.41, 5.74) is 6.23. The van der Waals surface area contributed by atoms with E-state index in [9.17, 15) is 0 Å². The summed E-state index contributed by atoms with van der Waals surface area (Å²) >= 11 is 5.24. The van der Waals surface area contributed by atoms with Gasteiger partial charge in [-0.2, -0.15) is 0 Å². The summed E-state index contributed by atoms with van der Waals surface area (Å²) in [6.45, 7) is 0. The van der Waals surface area contributed by atoms with Crippen molar-refractivity contribution < 1.29 is 0 Å². The van der Waals surface area contributed by atoms with Crippen LogP contribution in [0.25, 0.3) is 10.8 Å². The fourth-order valence-electron chi connectivity index (χ4n) is 2.11. The Kier molecular flexibility index (Phi) is 3.99. The van der Waals surface area contributed by atoms with Gasteiger partial charge in [0.15, 0.2) is 0 Å². The summed E-state index contributed by atoms with van der Waals surface area (Å²) in [5.74, 6) is 0.0814. The van der Waals surface area contributed by atoms with Crippen LogP contribution in [-0.2, 0) is 0 Å². The number of nitrogen functional groups attached to an aromatic ring is 1. The van der Waals surface area contributed by atoms with Crippen LogP contribution in [0.5, 0.6) is 0 Å². The predicted molar refractivity (Wildman–Crippen MR) is 93.2 cm³/mol. The molecule has 0 bridgehead atoms. The SMILES string of the molecule is N=C(N)c1ccc(Sc2ccc3ccccc3c2)c(Br)c1. The van der Waals surface area contributed by atoms with Crippen LogP contribution in [0.1, 0.15) is 5.56 Å². The van der Waals surface area contributed by atoms with Crippen molar-refractivity contribution in [1.29, 1.82) is 5.41 Å². The Bertz CT molecular complexity index is 830. The number of fused-ring (bicyclic) bond motifs is 1. The quantitative estimate of drug-likeness (QED) is 0.510. The minimum Gasteiger partial charge on any atom is -0.384 e. The van der Waals surface area contributed by atoms with Gasteiger partial charge in [-0.3, -0.25) is 5.41 Å². The number of benzene rings is 3. The summed E-state index contributed by atoms with van der Waals surface area (Å²) in [6.07, 6.45) is 0. The lowest BCUT2D eigenvalue weighted by atomic mass is 10.1. The minimum atomic E-state index is 0.0814. The number of halogens is 1. The first-order valence-corrected chi connectivity index (χ1v) is 8.05. The van der Waals surface area contributed by atoms with E-state index < -0.39 is 0 Å². The van der Waals surface area contributed by atoms with E-state index in [1.165, 1.54) is 15.7 Å². The molecule has 0 amide bonds. The second kappa shape index (κ2) is 5.92. The zero-order chi connectivity index (χ0) is 14.8. The maximum atomic E-state index is 7.46. The molecule has 0 unspecified atom stereocenters. The first-order chi connectivity index (χ1) is 10.1. The molecule has 104 valence electrons. The number of rotatable bonds is 3. The third-order valence-corrected chi connectivity index (χ3v) is 5.18. The highest BCUT2D eigenvalue weighted by molar-refractivity contribution is 9.10. The molecule has 0 saturated heterocycles. The molecule has 0 radical (unpaired) electrons. The molecule has 0 aliphatic carbocycles. The predicted octanol–water partition coefficient (Wildman–Crippen LogP) is 5.04. The Morgan fingerprint density at radius 2 is 1.71 bits per heavy atom. The van der Waals surface area contributed by atoms with Crippen LogP contribution in [0, 0.1) is 5.41 Å². The fourth-order valence-corrected chi connectivity index (χ4v) is 3.60. The minimum absolute atomic E-state index is 0.0814. The summed E-state index contributed by atoms with van der Waals surface area (Å²) < 4.78 is 0.952. The third-order valence-electron chi connectivity index (χ3n) is 3.19. The second-order valence-corrected chi connectivity index (χ2v) is 6.64. The number of nitrogens with two attached hydrogens (primary N) is 1. The van der Waals surface area contributed by atoms with E-state index in [1.54, 1.807) is 11.8 Å². The molecule has 2 nitrogen and oxygen atoms in total. The van der Waals surface area contributed by atoms with Crippen molar-refractivity contribution in [2.45, 2.75) is 9.79 Å². The lowest BCUT2D eigenvalue weighted by Crippen LogP contribution is -2.10. The van der Waals surface area contributed by atoms with E-state index in [-0.39, 0.29) is 5.84 Å². The summed E-state index contributed by atoms with van der Waals surface area (Å²) in [4.78, 5) is 2.29. The van der Waals surface area contributed by atoms with Gasteiger partial charge in [0.1, 0.15) is 5.84 Å². The fraction of sp³-hybridized carbons (Fsp3) is 0. The van der Waals surface area contributed by atoms with Gasteiger partial charge in [-0.25, -0.2) is 0 Å². The highest BCUT2D eigenvalue weighted by atomic mass is 79.9. The normalized spacial score (nSPS) is 10.7. The average molecular weight is 357 g/mol. The molecule has 3 N–H and O–H groups in total. The average Bonchev–Trinajstić information content (AvgIpc) is 2.49. The van der Waals surface area contributed by atoms with Gasteiger partial charge >= 0.3 is 0 Å². The molecular formula is C17H13BrN2S.